The Labute approximate surface area is 105 Å². The second-order valence-corrected chi connectivity index (χ2v) is 6.20. The largest absolute Gasteiger partial charge is 0.381 e. The van der Waals surface area contributed by atoms with Crippen LogP contribution in [0, 0.1) is 0 Å². The molecule has 1 unspecified atom stereocenters. The van der Waals surface area contributed by atoms with Crippen LogP contribution in [0.3, 0.4) is 0 Å². The Kier molecular flexibility index (Phi) is 6.78. The van der Waals surface area contributed by atoms with Crippen molar-refractivity contribution in [2.75, 3.05) is 26.0 Å². The summed E-state index contributed by atoms with van der Waals surface area (Å²) in [4.78, 5) is 0. The first kappa shape index (κ1) is 14.3. The van der Waals surface area contributed by atoms with E-state index in [9.17, 15) is 0 Å². The van der Waals surface area contributed by atoms with Crippen LogP contribution < -0.4 is 5.32 Å². The fourth-order valence-electron chi connectivity index (χ4n) is 2.17. The first-order valence-corrected chi connectivity index (χ1v) is 7.81. The molecule has 1 heterocycles. The lowest BCUT2D eigenvalue weighted by Crippen LogP contribution is -2.44. The van der Waals surface area contributed by atoms with Crippen molar-refractivity contribution in [3.05, 3.63) is 0 Å². The summed E-state index contributed by atoms with van der Waals surface area (Å²) in [6.07, 6.45) is 8.57. The number of rotatable bonds is 7. The number of hydrogen-bond acceptors (Lipinski definition) is 3. The third-order valence-electron chi connectivity index (χ3n) is 3.60. The van der Waals surface area contributed by atoms with Gasteiger partial charge in [-0.25, -0.2) is 0 Å². The number of unbranched alkanes of at least 4 members (excludes halogenated alkanes) is 1. The van der Waals surface area contributed by atoms with E-state index in [2.05, 4.69) is 25.4 Å². The van der Waals surface area contributed by atoms with E-state index >= 15 is 0 Å². The molecule has 0 bridgehead atoms. The fourth-order valence-corrected chi connectivity index (χ4v) is 2.97. The van der Waals surface area contributed by atoms with E-state index < -0.39 is 0 Å². The van der Waals surface area contributed by atoms with Crippen molar-refractivity contribution in [2.45, 2.75) is 56.7 Å². The summed E-state index contributed by atoms with van der Waals surface area (Å²) in [7, 11) is 0. The molecule has 3 heteroatoms. The van der Waals surface area contributed by atoms with Crippen LogP contribution in [0.1, 0.15) is 46.0 Å². The monoisotopic (exact) mass is 245 g/mol. The molecule has 16 heavy (non-hydrogen) atoms. The molecule has 1 aliphatic rings. The summed E-state index contributed by atoms with van der Waals surface area (Å²) >= 11 is 2.02. The molecule has 1 fully saturated rings. The van der Waals surface area contributed by atoms with Gasteiger partial charge in [-0.2, -0.15) is 11.8 Å². The van der Waals surface area contributed by atoms with Gasteiger partial charge in [0.25, 0.3) is 0 Å². The molecule has 1 aliphatic heterocycles. The summed E-state index contributed by atoms with van der Waals surface area (Å²) in [6, 6.07) is 0.659. The molecule has 0 aromatic heterocycles. The molecule has 1 atom stereocenters. The summed E-state index contributed by atoms with van der Waals surface area (Å²) in [5.41, 5.74) is 0. The number of thioether (sulfide) groups is 1. The Morgan fingerprint density at radius 2 is 2.06 bits per heavy atom. The van der Waals surface area contributed by atoms with Crippen LogP contribution in [0.15, 0.2) is 0 Å². The number of hydrogen-bond donors (Lipinski definition) is 1. The SMILES string of the molecule is CCCCC(C)NCC1(SC)CCOCC1. The van der Waals surface area contributed by atoms with Crippen molar-refractivity contribution in [3.63, 3.8) is 0 Å². The Morgan fingerprint density at radius 1 is 1.38 bits per heavy atom. The molecule has 1 N–H and O–H groups in total. The first-order valence-electron chi connectivity index (χ1n) is 6.59. The predicted octanol–water partition coefficient (Wildman–Crippen LogP) is 3.07. The minimum Gasteiger partial charge on any atom is -0.381 e. The minimum atomic E-state index is 0.429. The highest BCUT2D eigenvalue weighted by Gasteiger charge is 2.31. The third kappa shape index (κ3) is 4.64. The maximum absolute atomic E-state index is 5.46. The highest BCUT2D eigenvalue weighted by molar-refractivity contribution is 8.00. The van der Waals surface area contributed by atoms with E-state index in [1.165, 1.54) is 32.1 Å². The summed E-state index contributed by atoms with van der Waals surface area (Å²) in [6.45, 7) is 7.58. The Balaban J connectivity index is 2.27. The van der Waals surface area contributed by atoms with Gasteiger partial charge in [0.15, 0.2) is 0 Å². The van der Waals surface area contributed by atoms with Gasteiger partial charge in [0.1, 0.15) is 0 Å². The van der Waals surface area contributed by atoms with E-state index in [0.717, 1.165) is 19.8 Å². The van der Waals surface area contributed by atoms with Gasteiger partial charge in [-0.15, -0.1) is 0 Å². The van der Waals surface area contributed by atoms with Crippen LogP contribution >= 0.6 is 11.8 Å². The lowest BCUT2D eigenvalue weighted by atomic mass is 9.98. The first-order chi connectivity index (χ1) is 7.72. The predicted molar refractivity (Wildman–Crippen MR) is 73.3 cm³/mol. The second-order valence-electron chi connectivity index (χ2n) is 4.92. The molecule has 1 rings (SSSR count). The van der Waals surface area contributed by atoms with Gasteiger partial charge < -0.3 is 10.1 Å². The standard InChI is InChI=1S/C13H27NOS/c1-4-5-6-12(2)14-11-13(16-3)7-9-15-10-8-13/h12,14H,4-11H2,1-3H3. The van der Waals surface area contributed by atoms with E-state index in [1.54, 1.807) is 0 Å². The van der Waals surface area contributed by atoms with E-state index in [4.69, 9.17) is 4.74 Å². The maximum Gasteiger partial charge on any atom is 0.0479 e. The van der Waals surface area contributed by atoms with Crippen molar-refractivity contribution in [1.29, 1.82) is 0 Å². The Bertz CT molecular complexity index is 181. The molecular weight excluding hydrogens is 218 g/mol. The molecule has 96 valence electrons. The lowest BCUT2D eigenvalue weighted by molar-refractivity contribution is 0.0765. The van der Waals surface area contributed by atoms with E-state index in [1.807, 2.05) is 11.8 Å². The second kappa shape index (κ2) is 7.57. The third-order valence-corrected chi connectivity index (χ3v) is 5.02. The molecule has 2 nitrogen and oxygen atoms in total. The summed E-state index contributed by atoms with van der Waals surface area (Å²) in [5, 5.41) is 3.70. The molecule has 0 aliphatic carbocycles. The molecule has 1 saturated heterocycles. The van der Waals surface area contributed by atoms with Crippen LogP contribution in [-0.2, 0) is 4.74 Å². The van der Waals surface area contributed by atoms with Crippen LogP contribution in [-0.4, -0.2) is 36.8 Å². The van der Waals surface area contributed by atoms with Gasteiger partial charge in [-0.3, -0.25) is 0 Å². The molecule has 0 saturated carbocycles. The molecule has 0 aromatic rings. The van der Waals surface area contributed by atoms with Gasteiger partial charge >= 0.3 is 0 Å². The van der Waals surface area contributed by atoms with Crippen molar-refractivity contribution in [3.8, 4) is 0 Å². The normalized spacial score (nSPS) is 21.9. The zero-order valence-electron chi connectivity index (χ0n) is 11.1. The quantitative estimate of drug-likeness (QED) is 0.745. The summed E-state index contributed by atoms with van der Waals surface area (Å²) < 4.78 is 5.89. The number of nitrogens with one attached hydrogen (secondary N) is 1. The zero-order valence-corrected chi connectivity index (χ0v) is 11.9. The fraction of sp³-hybridized carbons (Fsp3) is 1.00. The van der Waals surface area contributed by atoms with Crippen molar-refractivity contribution >= 4 is 11.8 Å². The average Bonchev–Trinajstić information content (AvgIpc) is 2.35. The highest BCUT2D eigenvalue weighted by atomic mass is 32.2. The Morgan fingerprint density at radius 3 is 2.62 bits per heavy atom. The van der Waals surface area contributed by atoms with Gasteiger partial charge in [0.05, 0.1) is 0 Å². The van der Waals surface area contributed by atoms with E-state index in [0.29, 0.717) is 10.8 Å². The minimum absolute atomic E-state index is 0.429. The zero-order chi connectivity index (χ0) is 11.9. The molecule has 0 aromatic carbocycles. The van der Waals surface area contributed by atoms with Crippen LogP contribution in [0.2, 0.25) is 0 Å². The smallest absolute Gasteiger partial charge is 0.0479 e. The van der Waals surface area contributed by atoms with Crippen molar-refractivity contribution in [2.24, 2.45) is 0 Å². The van der Waals surface area contributed by atoms with Gasteiger partial charge in [0, 0.05) is 30.5 Å². The summed E-state index contributed by atoms with van der Waals surface area (Å²) in [5.74, 6) is 0. The van der Waals surface area contributed by atoms with Gasteiger partial charge in [-0.1, -0.05) is 19.8 Å². The lowest BCUT2D eigenvalue weighted by Gasteiger charge is -2.36. The molecule has 0 radical (unpaired) electrons. The molecule has 0 amide bonds. The van der Waals surface area contributed by atoms with Crippen molar-refractivity contribution in [1.82, 2.24) is 5.32 Å². The van der Waals surface area contributed by atoms with E-state index in [-0.39, 0.29) is 0 Å². The maximum atomic E-state index is 5.46. The Hall–Kier alpha value is 0.270. The van der Waals surface area contributed by atoms with Crippen LogP contribution in [0.25, 0.3) is 0 Å². The highest BCUT2D eigenvalue weighted by Crippen LogP contribution is 2.33. The van der Waals surface area contributed by atoms with Gasteiger partial charge in [-0.05, 0) is 32.4 Å². The molecular formula is C13H27NOS. The van der Waals surface area contributed by atoms with Crippen LogP contribution in [0.5, 0.6) is 0 Å². The topological polar surface area (TPSA) is 21.3 Å². The van der Waals surface area contributed by atoms with Crippen molar-refractivity contribution < 1.29 is 4.74 Å². The van der Waals surface area contributed by atoms with Crippen LogP contribution in [0.4, 0.5) is 0 Å². The van der Waals surface area contributed by atoms with Gasteiger partial charge in [0.2, 0.25) is 0 Å². The molecule has 0 spiro atoms. The average molecular weight is 245 g/mol. The number of ether oxygens (including phenoxy) is 1.